The Hall–Kier alpha value is -5.09. The highest BCUT2D eigenvalue weighted by atomic mass is 32.2. The lowest BCUT2D eigenvalue weighted by Gasteiger charge is -2.24. The monoisotopic (exact) mass is 634 g/mol. The van der Waals surface area contributed by atoms with Crippen LogP contribution in [0.15, 0.2) is 91.0 Å². The van der Waals surface area contributed by atoms with Gasteiger partial charge in [-0.3, -0.25) is 14.5 Å². The summed E-state index contributed by atoms with van der Waals surface area (Å²) in [4.78, 5) is 29.1. The molecule has 0 saturated heterocycles. The first kappa shape index (κ1) is 29.6. The number of thioether (sulfide) groups is 1. The first-order valence-electron chi connectivity index (χ1n) is 14.9. The van der Waals surface area contributed by atoms with Crippen LogP contribution in [0.5, 0.6) is 11.5 Å². The maximum atomic E-state index is 14.1. The summed E-state index contributed by atoms with van der Waals surface area (Å²) in [6.45, 7) is 4.19. The van der Waals surface area contributed by atoms with E-state index in [0.717, 1.165) is 44.8 Å². The largest absolute Gasteiger partial charge is 0.454 e. The van der Waals surface area contributed by atoms with Crippen molar-refractivity contribution in [3.63, 3.8) is 0 Å². The predicted octanol–water partition coefficient (Wildman–Crippen LogP) is 6.51. The number of carbonyl (C=O) groups excluding carboxylic acids is 2. The highest BCUT2D eigenvalue weighted by Crippen LogP contribution is 2.50. The minimum absolute atomic E-state index is 0.139. The molecule has 8 nitrogen and oxygen atoms in total. The number of amides is 2. The second kappa shape index (κ2) is 12.4. The van der Waals surface area contributed by atoms with E-state index in [1.165, 1.54) is 23.9 Å². The van der Waals surface area contributed by atoms with E-state index in [2.05, 4.69) is 11.4 Å². The van der Waals surface area contributed by atoms with E-state index < -0.39 is 0 Å². The molecule has 0 unspecified atom stereocenters. The summed E-state index contributed by atoms with van der Waals surface area (Å²) in [7, 11) is 0. The Morgan fingerprint density at radius 1 is 0.978 bits per heavy atom. The number of rotatable bonds is 7. The van der Waals surface area contributed by atoms with Crippen molar-refractivity contribution in [2.45, 2.75) is 25.6 Å². The molecule has 0 saturated carbocycles. The van der Waals surface area contributed by atoms with Crippen LogP contribution in [0.25, 0.3) is 16.9 Å². The SMILES string of the molecule is Cc1ccc(-n2nc(-c3ccccc3)c3c2N(CC(=O)NCc2ccc(F)cc2)C(=O)CS[C@H]3c2ccc3c(c2)OCO3)c(C)c1. The molecular formula is C36H31FN4O4S. The Balaban J connectivity index is 1.39. The van der Waals surface area contributed by atoms with Gasteiger partial charge in [-0.1, -0.05) is 66.2 Å². The van der Waals surface area contributed by atoms with Gasteiger partial charge in [0.15, 0.2) is 11.5 Å². The van der Waals surface area contributed by atoms with Crippen LogP contribution in [0.2, 0.25) is 0 Å². The summed E-state index contributed by atoms with van der Waals surface area (Å²) in [5.41, 5.74) is 7.02. The van der Waals surface area contributed by atoms with E-state index in [1.54, 1.807) is 17.0 Å². The smallest absolute Gasteiger partial charge is 0.240 e. The lowest BCUT2D eigenvalue weighted by Crippen LogP contribution is -2.42. The summed E-state index contributed by atoms with van der Waals surface area (Å²) in [6, 6.07) is 27.8. The fourth-order valence-electron chi connectivity index (χ4n) is 5.88. The average molecular weight is 635 g/mol. The molecule has 2 aliphatic heterocycles. The van der Waals surface area contributed by atoms with Crippen molar-refractivity contribution < 1.29 is 23.5 Å². The number of nitrogens with zero attached hydrogens (tertiary/aromatic N) is 3. The Kier molecular flexibility index (Phi) is 7.96. The Morgan fingerprint density at radius 2 is 1.76 bits per heavy atom. The fourth-order valence-corrected chi connectivity index (χ4v) is 7.07. The van der Waals surface area contributed by atoms with Crippen molar-refractivity contribution in [2.75, 3.05) is 24.0 Å². The average Bonchev–Trinajstić information content (AvgIpc) is 3.66. The quantitative estimate of drug-likeness (QED) is 0.220. The van der Waals surface area contributed by atoms with E-state index in [9.17, 15) is 14.0 Å². The molecule has 1 atom stereocenters. The number of fused-ring (bicyclic) bond motifs is 2. The van der Waals surface area contributed by atoms with E-state index in [-0.39, 0.29) is 48.5 Å². The van der Waals surface area contributed by atoms with Crippen molar-refractivity contribution in [2.24, 2.45) is 0 Å². The minimum Gasteiger partial charge on any atom is -0.454 e. The van der Waals surface area contributed by atoms with Crippen LogP contribution in [-0.2, 0) is 16.1 Å². The molecule has 232 valence electrons. The number of halogens is 1. The second-order valence-corrected chi connectivity index (χ2v) is 12.4. The number of nitrogens with one attached hydrogen (secondary N) is 1. The Labute approximate surface area is 270 Å². The lowest BCUT2D eigenvalue weighted by atomic mass is 9.99. The fraction of sp³-hybridized carbons (Fsp3) is 0.194. The molecule has 0 radical (unpaired) electrons. The second-order valence-electron chi connectivity index (χ2n) is 11.3. The van der Waals surface area contributed by atoms with Crippen molar-refractivity contribution in [3.05, 3.63) is 125 Å². The van der Waals surface area contributed by atoms with Gasteiger partial charge in [0.1, 0.15) is 18.2 Å². The number of hydrogen-bond acceptors (Lipinski definition) is 6. The predicted molar refractivity (Wildman–Crippen MR) is 176 cm³/mol. The highest BCUT2D eigenvalue weighted by molar-refractivity contribution is 8.00. The number of aromatic nitrogens is 2. The molecular weight excluding hydrogens is 603 g/mol. The number of anilines is 1. The first-order valence-corrected chi connectivity index (χ1v) is 16.0. The van der Waals surface area contributed by atoms with E-state index in [0.29, 0.717) is 17.3 Å². The molecule has 3 heterocycles. The Bertz CT molecular complexity index is 1940. The molecule has 2 amide bonds. The van der Waals surface area contributed by atoms with Gasteiger partial charge >= 0.3 is 0 Å². The third-order valence-corrected chi connectivity index (χ3v) is 9.38. The van der Waals surface area contributed by atoms with Crippen molar-refractivity contribution in [1.29, 1.82) is 0 Å². The summed E-state index contributed by atoms with van der Waals surface area (Å²) >= 11 is 1.49. The molecule has 7 rings (SSSR count). The molecule has 0 spiro atoms. The van der Waals surface area contributed by atoms with Crippen LogP contribution in [0.3, 0.4) is 0 Å². The summed E-state index contributed by atoms with van der Waals surface area (Å²) in [6.07, 6.45) is 0. The van der Waals surface area contributed by atoms with Crippen molar-refractivity contribution in [1.82, 2.24) is 15.1 Å². The number of hydrogen-bond donors (Lipinski definition) is 1. The van der Waals surface area contributed by atoms with Crippen LogP contribution in [-0.4, -0.2) is 40.7 Å². The van der Waals surface area contributed by atoms with Gasteiger partial charge in [0, 0.05) is 17.7 Å². The van der Waals surface area contributed by atoms with Gasteiger partial charge in [-0.05, 0) is 60.9 Å². The standard InChI is InChI=1S/C36H31FN4O4S/c1-22-8-14-28(23(2)16-22)41-36-33(34(39-41)25-6-4-3-5-7-25)35(26-11-15-29-30(17-26)45-21-44-29)46-20-32(43)40(36)19-31(42)38-18-24-9-12-27(37)13-10-24/h3-17,35H,18-21H2,1-2H3,(H,38,42)/t35-/m0/s1. The van der Waals surface area contributed by atoms with E-state index in [4.69, 9.17) is 14.6 Å². The summed E-state index contributed by atoms with van der Waals surface area (Å²) in [5.74, 6) is 1.10. The molecule has 1 N–H and O–H groups in total. The van der Waals surface area contributed by atoms with Gasteiger partial charge in [0.25, 0.3) is 0 Å². The van der Waals surface area contributed by atoms with Gasteiger partial charge < -0.3 is 14.8 Å². The summed E-state index contributed by atoms with van der Waals surface area (Å²) < 4.78 is 26.6. The van der Waals surface area contributed by atoms with Crippen LogP contribution < -0.4 is 19.7 Å². The van der Waals surface area contributed by atoms with Crippen LogP contribution >= 0.6 is 11.8 Å². The first-order chi connectivity index (χ1) is 22.4. The third-order valence-electron chi connectivity index (χ3n) is 8.12. The maximum Gasteiger partial charge on any atom is 0.240 e. The third kappa shape index (κ3) is 5.72. The van der Waals surface area contributed by atoms with Gasteiger partial charge in [-0.25, -0.2) is 9.07 Å². The van der Waals surface area contributed by atoms with Crippen LogP contribution in [0.4, 0.5) is 10.2 Å². The molecule has 46 heavy (non-hydrogen) atoms. The molecule has 10 heteroatoms. The maximum absolute atomic E-state index is 14.1. The molecule has 1 aromatic heterocycles. The number of ether oxygens (including phenoxy) is 2. The molecule has 5 aromatic rings. The zero-order valence-corrected chi connectivity index (χ0v) is 26.1. The van der Waals surface area contributed by atoms with Gasteiger partial charge in [0.2, 0.25) is 18.6 Å². The van der Waals surface area contributed by atoms with Crippen molar-refractivity contribution in [3.8, 4) is 28.4 Å². The lowest BCUT2D eigenvalue weighted by molar-refractivity contribution is -0.123. The zero-order valence-electron chi connectivity index (χ0n) is 25.3. The highest BCUT2D eigenvalue weighted by Gasteiger charge is 2.38. The van der Waals surface area contributed by atoms with E-state index in [1.807, 2.05) is 79.2 Å². The number of carbonyl (C=O) groups is 2. The van der Waals surface area contributed by atoms with Gasteiger partial charge in [0.05, 0.1) is 22.4 Å². The van der Waals surface area contributed by atoms with Gasteiger partial charge in [-0.15, -0.1) is 11.8 Å². The molecule has 0 fully saturated rings. The normalized spacial score (nSPS) is 15.4. The summed E-state index contributed by atoms with van der Waals surface area (Å²) in [5, 5.41) is 7.79. The molecule has 0 bridgehead atoms. The van der Waals surface area contributed by atoms with Crippen LogP contribution in [0, 0.1) is 19.7 Å². The molecule has 4 aromatic carbocycles. The van der Waals surface area contributed by atoms with Crippen molar-refractivity contribution >= 4 is 29.4 Å². The topological polar surface area (TPSA) is 85.7 Å². The van der Waals surface area contributed by atoms with Crippen LogP contribution in [0.1, 0.15) is 33.1 Å². The van der Waals surface area contributed by atoms with Gasteiger partial charge in [-0.2, -0.15) is 5.10 Å². The Morgan fingerprint density at radius 3 is 2.54 bits per heavy atom. The zero-order chi connectivity index (χ0) is 31.8. The number of benzene rings is 4. The molecule has 0 aliphatic carbocycles. The number of aryl methyl sites for hydroxylation is 2. The minimum atomic E-state index is -0.346. The van der Waals surface area contributed by atoms with E-state index >= 15 is 0 Å². The molecule has 2 aliphatic rings.